The molecule has 4 rings (SSSR count). The van der Waals surface area contributed by atoms with E-state index in [2.05, 4.69) is 15.3 Å². The van der Waals surface area contributed by atoms with E-state index < -0.39 is 0 Å². The quantitative estimate of drug-likeness (QED) is 0.919. The first-order valence-corrected chi connectivity index (χ1v) is 9.45. The summed E-state index contributed by atoms with van der Waals surface area (Å²) < 4.78 is 15.7. The molecular weight excluding hydrogens is 331 g/mol. The van der Waals surface area contributed by atoms with Crippen molar-refractivity contribution in [2.24, 2.45) is 0 Å². The number of aryl methyl sites for hydroxylation is 1. The van der Waals surface area contributed by atoms with Crippen LogP contribution in [-0.4, -0.2) is 40.7 Å². The third-order valence-corrected chi connectivity index (χ3v) is 5.70. The highest BCUT2D eigenvalue weighted by atomic mass is 19.1. The van der Waals surface area contributed by atoms with Crippen molar-refractivity contribution >= 4 is 5.91 Å². The van der Waals surface area contributed by atoms with Crippen LogP contribution >= 0.6 is 0 Å². The topological polar surface area (TPSA) is 50.2 Å². The SMILES string of the molecule is CNC(=O)c1ccn([C@H]2CCCN([C@@H]3CCCc4ccc(F)cc43)C2)n1. The van der Waals surface area contributed by atoms with E-state index in [0.29, 0.717) is 5.69 Å². The Balaban J connectivity index is 1.54. The van der Waals surface area contributed by atoms with E-state index in [-0.39, 0.29) is 23.8 Å². The smallest absolute Gasteiger partial charge is 0.271 e. The number of halogens is 1. The van der Waals surface area contributed by atoms with Gasteiger partial charge in [0, 0.05) is 25.8 Å². The number of piperidine rings is 1. The Morgan fingerprint density at radius 2 is 2.15 bits per heavy atom. The highest BCUT2D eigenvalue weighted by molar-refractivity contribution is 5.91. The minimum absolute atomic E-state index is 0.147. The molecule has 1 N–H and O–H groups in total. The molecule has 0 saturated carbocycles. The molecule has 1 amide bonds. The molecule has 2 atom stereocenters. The number of fused-ring (bicyclic) bond motifs is 1. The van der Waals surface area contributed by atoms with Crippen LogP contribution in [0.2, 0.25) is 0 Å². The van der Waals surface area contributed by atoms with Gasteiger partial charge >= 0.3 is 0 Å². The average molecular weight is 356 g/mol. The van der Waals surface area contributed by atoms with Crippen molar-refractivity contribution < 1.29 is 9.18 Å². The maximum absolute atomic E-state index is 13.8. The lowest BCUT2D eigenvalue weighted by molar-refractivity contribution is 0.0951. The summed E-state index contributed by atoms with van der Waals surface area (Å²) in [5, 5.41) is 7.07. The largest absolute Gasteiger partial charge is 0.354 e. The number of hydrogen-bond acceptors (Lipinski definition) is 3. The normalized spacial score (nSPS) is 23.5. The Hall–Kier alpha value is -2.21. The Bertz CT molecular complexity index is 803. The van der Waals surface area contributed by atoms with Crippen molar-refractivity contribution in [3.05, 3.63) is 53.1 Å². The van der Waals surface area contributed by atoms with Crippen LogP contribution in [0.3, 0.4) is 0 Å². The molecule has 2 aliphatic rings. The monoisotopic (exact) mass is 356 g/mol. The predicted molar refractivity (Wildman–Crippen MR) is 97.5 cm³/mol. The molecule has 138 valence electrons. The minimum Gasteiger partial charge on any atom is -0.354 e. The molecule has 1 fully saturated rings. The van der Waals surface area contributed by atoms with Crippen molar-refractivity contribution in [1.29, 1.82) is 0 Å². The highest BCUT2D eigenvalue weighted by Crippen LogP contribution is 2.37. The summed E-state index contributed by atoms with van der Waals surface area (Å²) in [6.07, 6.45) is 7.29. The van der Waals surface area contributed by atoms with Crippen LogP contribution in [0.4, 0.5) is 4.39 Å². The number of likely N-dealkylation sites (tertiary alicyclic amines) is 1. The number of carbonyl (C=O) groups excluding carboxylic acids is 1. The van der Waals surface area contributed by atoms with Crippen molar-refractivity contribution in [1.82, 2.24) is 20.0 Å². The van der Waals surface area contributed by atoms with E-state index >= 15 is 0 Å². The number of carbonyl (C=O) groups is 1. The fourth-order valence-electron chi connectivity index (χ4n) is 4.40. The summed E-state index contributed by atoms with van der Waals surface area (Å²) in [5.41, 5.74) is 2.89. The van der Waals surface area contributed by atoms with Crippen LogP contribution in [-0.2, 0) is 6.42 Å². The van der Waals surface area contributed by atoms with Crippen molar-refractivity contribution in [2.45, 2.75) is 44.2 Å². The number of rotatable bonds is 3. The molecular formula is C20H25FN4O. The fourth-order valence-corrected chi connectivity index (χ4v) is 4.40. The van der Waals surface area contributed by atoms with Gasteiger partial charge in [0.25, 0.3) is 5.91 Å². The van der Waals surface area contributed by atoms with E-state index in [1.54, 1.807) is 25.2 Å². The lowest BCUT2D eigenvalue weighted by atomic mass is 9.85. The van der Waals surface area contributed by atoms with E-state index in [9.17, 15) is 9.18 Å². The summed E-state index contributed by atoms with van der Waals surface area (Å²) in [7, 11) is 1.61. The molecule has 0 radical (unpaired) electrons. The molecule has 5 nitrogen and oxygen atoms in total. The van der Waals surface area contributed by atoms with Crippen molar-refractivity contribution in [2.75, 3.05) is 20.1 Å². The zero-order valence-corrected chi connectivity index (χ0v) is 15.1. The second kappa shape index (κ2) is 7.19. The number of benzene rings is 1. The van der Waals surface area contributed by atoms with Gasteiger partial charge in [-0.15, -0.1) is 0 Å². The van der Waals surface area contributed by atoms with Crippen molar-refractivity contribution in [3.8, 4) is 0 Å². The van der Waals surface area contributed by atoms with Gasteiger partial charge in [0.1, 0.15) is 11.5 Å². The Kier molecular flexibility index (Phi) is 4.76. The third-order valence-electron chi connectivity index (χ3n) is 5.70. The number of hydrogen-bond donors (Lipinski definition) is 1. The average Bonchev–Trinajstić information content (AvgIpc) is 3.17. The molecule has 0 unspecified atom stereocenters. The van der Waals surface area contributed by atoms with Crippen LogP contribution in [0.25, 0.3) is 0 Å². The van der Waals surface area contributed by atoms with Crippen LogP contribution in [0.15, 0.2) is 30.5 Å². The molecule has 0 spiro atoms. The van der Waals surface area contributed by atoms with E-state index in [1.165, 1.54) is 5.56 Å². The third kappa shape index (κ3) is 3.26. The van der Waals surface area contributed by atoms with Gasteiger partial charge in [0.05, 0.1) is 6.04 Å². The van der Waals surface area contributed by atoms with Gasteiger partial charge in [0.2, 0.25) is 0 Å². The zero-order valence-electron chi connectivity index (χ0n) is 15.1. The molecule has 1 aromatic carbocycles. The summed E-state index contributed by atoms with van der Waals surface area (Å²) in [5.74, 6) is -0.306. The Labute approximate surface area is 153 Å². The molecule has 2 heterocycles. The molecule has 1 saturated heterocycles. The molecule has 6 heteroatoms. The number of aromatic nitrogens is 2. The fraction of sp³-hybridized carbons (Fsp3) is 0.500. The van der Waals surface area contributed by atoms with Gasteiger partial charge in [-0.25, -0.2) is 4.39 Å². The van der Waals surface area contributed by atoms with Crippen LogP contribution in [0, 0.1) is 5.82 Å². The summed E-state index contributed by atoms with van der Waals surface area (Å²) >= 11 is 0. The number of amides is 1. The number of nitrogens with zero attached hydrogens (tertiary/aromatic N) is 3. The molecule has 26 heavy (non-hydrogen) atoms. The number of nitrogens with one attached hydrogen (secondary N) is 1. The molecule has 2 aromatic rings. The first-order valence-electron chi connectivity index (χ1n) is 9.45. The van der Waals surface area contributed by atoms with Crippen LogP contribution in [0.1, 0.15) is 59.4 Å². The van der Waals surface area contributed by atoms with E-state index in [4.69, 9.17) is 0 Å². The summed E-state index contributed by atoms with van der Waals surface area (Å²) in [6, 6.07) is 7.54. The molecule has 1 aromatic heterocycles. The molecule has 0 bridgehead atoms. The van der Waals surface area contributed by atoms with Gasteiger partial charge in [0.15, 0.2) is 0 Å². The van der Waals surface area contributed by atoms with Gasteiger partial charge in [-0.1, -0.05) is 6.07 Å². The minimum atomic E-state index is -0.159. The van der Waals surface area contributed by atoms with E-state index in [0.717, 1.165) is 50.8 Å². The van der Waals surface area contributed by atoms with Gasteiger partial charge in [-0.3, -0.25) is 14.4 Å². The standard InChI is InChI=1S/C20H25FN4O/c1-22-20(26)18-9-11-25(23-18)16-5-3-10-24(13-16)19-6-2-4-14-7-8-15(21)12-17(14)19/h7-9,11-12,16,19H,2-6,10,13H2,1H3,(H,22,26)/t16-,19+/m0/s1. The summed E-state index contributed by atoms with van der Waals surface area (Å²) in [4.78, 5) is 14.2. The Morgan fingerprint density at radius 1 is 1.27 bits per heavy atom. The van der Waals surface area contributed by atoms with Crippen LogP contribution in [0.5, 0.6) is 0 Å². The van der Waals surface area contributed by atoms with E-state index in [1.807, 2.05) is 16.9 Å². The summed E-state index contributed by atoms with van der Waals surface area (Å²) in [6.45, 7) is 1.91. The van der Waals surface area contributed by atoms with Gasteiger partial charge in [-0.2, -0.15) is 5.10 Å². The van der Waals surface area contributed by atoms with Crippen LogP contribution < -0.4 is 5.32 Å². The lowest BCUT2D eigenvalue weighted by Crippen LogP contribution is -2.40. The lowest BCUT2D eigenvalue weighted by Gasteiger charge is -2.41. The zero-order chi connectivity index (χ0) is 18.1. The van der Waals surface area contributed by atoms with Crippen molar-refractivity contribution in [3.63, 3.8) is 0 Å². The Morgan fingerprint density at radius 3 is 3.00 bits per heavy atom. The first kappa shape index (κ1) is 17.2. The second-order valence-electron chi connectivity index (χ2n) is 7.30. The molecule has 1 aliphatic carbocycles. The van der Waals surface area contributed by atoms with Gasteiger partial charge in [-0.05, 0) is 68.0 Å². The highest BCUT2D eigenvalue weighted by Gasteiger charge is 2.31. The maximum Gasteiger partial charge on any atom is 0.271 e. The first-order chi connectivity index (χ1) is 12.7. The van der Waals surface area contributed by atoms with Gasteiger partial charge < -0.3 is 5.32 Å². The maximum atomic E-state index is 13.8. The molecule has 1 aliphatic heterocycles. The second-order valence-corrected chi connectivity index (χ2v) is 7.30. The predicted octanol–water partition coefficient (Wildman–Crippen LogP) is 3.10.